The lowest BCUT2D eigenvalue weighted by Gasteiger charge is -2.28. The lowest BCUT2D eigenvalue weighted by molar-refractivity contribution is -0.387. The van der Waals surface area contributed by atoms with Gasteiger partial charge in [-0.05, 0) is 31.2 Å². The quantitative estimate of drug-likeness (QED) is 0.503. The Morgan fingerprint density at radius 3 is 2.32 bits per heavy atom. The molecule has 0 aromatic heterocycles. The summed E-state index contributed by atoms with van der Waals surface area (Å²) in [6.45, 7) is 1.05. The molecule has 28 heavy (non-hydrogen) atoms. The summed E-state index contributed by atoms with van der Waals surface area (Å²) >= 11 is 5.78. The number of nitrogens with zero attached hydrogens (tertiary/aromatic N) is 2. The molecule has 0 aliphatic rings. The van der Waals surface area contributed by atoms with Crippen LogP contribution >= 0.6 is 11.6 Å². The van der Waals surface area contributed by atoms with Gasteiger partial charge in [-0.15, -0.1) is 0 Å². The van der Waals surface area contributed by atoms with E-state index in [0.29, 0.717) is 4.31 Å². The number of nitro benzene ring substituents is 1. The maximum absolute atomic E-state index is 13.1. The molecule has 0 aliphatic heterocycles. The van der Waals surface area contributed by atoms with Gasteiger partial charge in [-0.1, -0.05) is 23.7 Å². The lowest BCUT2D eigenvalue weighted by Crippen LogP contribution is -2.43. The molecule has 1 atom stereocenters. The summed E-state index contributed by atoms with van der Waals surface area (Å²) < 4.78 is 26.7. The van der Waals surface area contributed by atoms with Crippen LogP contribution in [0, 0.1) is 10.1 Å². The second kappa shape index (κ2) is 7.82. The number of nitro groups is 1. The van der Waals surface area contributed by atoms with Gasteiger partial charge in [0.15, 0.2) is 4.90 Å². The molecule has 0 radical (unpaired) electrons. The van der Waals surface area contributed by atoms with E-state index in [1.54, 1.807) is 0 Å². The van der Waals surface area contributed by atoms with Crippen LogP contribution < -0.4 is 4.31 Å². The molecule has 0 aliphatic carbocycles. The van der Waals surface area contributed by atoms with E-state index < -0.39 is 49.1 Å². The molecule has 1 unspecified atom stereocenters. The summed E-state index contributed by atoms with van der Waals surface area (Å²) in [5.74, 6) is -3.01. The number of hydrogen-bond acceptors (Lipinski definition) is 6. The van der Waals surface area contributed by atoms with Gasteiger partial charge in [0, 0.05) is 6.07 Å². The highest BCUT2D eigenvalue weighted by molar-refractivity contribution is 7.93. The molecule has 2 N–H and O–H groups in total. The van der Waals surface area contributed by atoms with Gasteiger partial charge >= 0.3 is 11.9 Å². The molecular weight excluding hydrogens is 416 g/mol. The third-order valence-electron chi connectivity index (χ3n) is 3.74. The van der Waals surface area contributed by atoms with Crippen molar-refractivity contribution in [1.82, 2.24) is 0 Å². The summed E-state index contributed by atoms with van der Waals surface area (Å²) in [7, 11) is -4.75. The van der Waals surface area contributed by atoms with Crippen molar-refractivity contribution in [2.45, 2.75) is 17.9 Å². The van der Waals surface area contributed by atoms with Crippen molar-refractivity contribution in [3.05, 3.63) is 63.2 Å². The van der Waals surface area contributed by atoms with Crippen molar-refractivity contribution >= 4 is 44.9 Å². The van der Waals surface area contributed by atoms with Gasteiger partial charge in [-0.25, -0.2) is 18.0 Å². The van der Waals surface area contributed by atoms with Gasteiger partial charge in [0.2, 0.25) is 0 Å². The highest BCUT2D eigenvalue weighted by Crippen LogP contribution is 2.33. The van der Waals surface area contributed by atoms with Crippen LogP contribution in [0.25, 0.3) is 0 Å². The summed E-state index contributed by atoms with van der Waals surface area (Å²) in [6, 6.07) is 5.81. The number of carboxylic acids is 2. The molecule has 0 spiro atoms. The Balaban J connectivity index is 2.79. The predicted octanol–water partition coefficient (Wildman–Crippen LogP) is 2.61. The minimum Gasteiger partial charge on any atom is -0.480 e. The number of sulfonamides is 1. The Labute approximate surface area is 163 Å². The Bertz CT molecular complexity index is 1070. The van der Waals surface area contributed by atoms with Gasteiger partial charge in [-0.2, -0.15) is 0 Å². The standard InChI is InChI=1S/C16H13ClN2O8S/c1-9(15(20)21)18(10-6-7-12(17)11(8-10)16(22)23)28(26,27)14-5-3-2-4-13(14)19(24)25/h2-9H,1H3,(H,20,21)(H,22,23). The SMILES string of the molecule is CC(C(=O)O)N(c1ccc(Cl)c(C(=O)O)c1)S(=O)(=O)c1ccccc1[N+](=O)[O-]. The number of carbonyl (C=O) groups is 2. The Morgan fingerprint density at radius 1 is 1.18 bits per heavy atom. The highest BCUT2D eigenvalue weighted by atomic mass is 35.5. The fourth-order valence-corrected chi connectivity index (χ4v) is 4.38. The molecule has 0 bridgehead atoms. The van der Waals surface area contributed by atoms with E-state index in [0.717, 1.165) is 37.3 Å². The molecule has 0 amide bonds. The summed E-state index contributed by atoms with van der Waals surface area (Å²) in [6.07, 6.45) is 0. The van der Waals surface area contributed by atoms with E-state index in [1.165, 1.54) is 12.1 Å². The van der Waals surface area contributed by atoms with E-state index in [1.807, 2.05) is 0 Å². The van der Waals surface area contributed by atoms with Crippen molar-refractivity contribution in [2.75, 3.05) is 4.31 Å². The van der Waals surface area contributed by atoms with Crippen molar-refractivity contribution in [1.29, 1.82) is 0 Å². The number of carboxylic acid groups (broad SMARTS) is 2. The van der Waals surface area contributed by atoms with Gasteiger partial charge in [0.1, 0.15) is 6.04 Å². The topological polar surface area (TPSA) is 155 Å². The maximum atomic E-state index is 13.1. The van der Waals surface area contributed by atoms with Crippen LogP contribution in [0.1, 0.15) is 17.3 Å². The maximum Gasteiger partial charge on any atom is 0.337 e. The molecule has 2 aromatic carbocycles. The number of rotatable bonds is 7. The molecule has 0 saturated heterocycles. The zero-order valence-electron chi connectivity index (χ0n) is 14.1. The van der Waals surface area contributed by atoms with Crippen LogP contribution in [0.2, 0.25) is 5.02 Å². The summed E-state index contributed by atoms with van der Waals surface area (Å²) in [5, 5.41) is 29.6. The van der Waals surface area contributed by atoms with Crippen LogP contribution in [0.5, 0.6) is 0 Å². The van der Waals surface area contributed by atoms with Gasteiger partial charge in [0.05, 0.1) is 21.2 Å². The fraction of sp³-hybridized carbons (Fsp3) is 0.125. The molecule has 12 heteroatoms. The third-order valence-corrected chi connectivity index (χ3v) is 6.02. The molecule has 2 aromatic rings. The van der Waals surface area contributed by atoms with Crippen molar-refractivity contribution in [3.63, 3.8) is 0 Å². The fourth-order valence-electron chi connectivity index (χ4n) is 2.42. The number of para-hydroxylation sites is 1. The van der Waals surface area contributed by atoms with E-state index in [2.05, 4.69) is 0 Å². The minimum atomic E-state index is -4.75. The number of benzene rings is 2. The number of anilines is 1. The Morgan fingerprint density at radius 2 is 1.79 bits per heavy atom. The van der Waals surface area contributed by atoms with E-state index in [9.17, 15) is 38.3 Å². The van der Waals surface area contributed by atoms with Crippen molar-refractivity contribution < 1.29 is 33.1 Å². The van der Waals surface area contributed by atoms with Gasteiger partial charge in [-0.3, -0.25) is 14.4 Å². The first-order valence-electron chi connectivity index (χ1n) is 7.52. The first-order valence-corrected chi connectivity index (χ1v) is 9.33. The first-order chi connectivity index (χ1) is 13.0. The molecule has 0 heterocycles. The first kappa shape index (κ1) is 21.1. The lowest BCUT2D eigenvalue weighted by atomic mass is 10.2. The second-order valence-electron chi connectivity index (χ2n) is 5.51. The van der Waals surface area contributed by atoms with Crippen LogP contribution in [0.3, 0.4) is 0 Å². The molecule has 0 saturated carbocycles. The number of hydrogen-bond donors (Lipinski definition) is 2. The minimum absolute atomic E-state index is 0.192. The van der Waals surface area contributed by atoms with Gasteiger partial charge in [0.25, 0.3) is 15.7 Å². The van der Waals surface area contributed by atoms with Crippen LogP contribution in [0.15, 0.2) is 47.4 Å². The number of aliphatic carboxylic acids is 1. The zero-order chi connectivity index (χ0) is 21.2. The monoisotopic (exact) mass is 428 g/mol. The number of aromatic carboxylic acids is 1. The average molecular weight is 429 g/mol. The largest absolute Gasteiger partial charge is 0.480 e. The van der Waals surface area contributed by atoms with Crippen molar-refractivity contribution in [3.8, 4) is 0 Å². The van der Waals surface area contributed by atoms with Crippen LogP contribution in [0.4, 0.5) is 11.4 Å². The molecule has 2 rings (SSSR count). The van der Waals surface area contributed by atoms with E-state index >= 15 is 0 Å². The number of halogens is 1. The highest BCUT2D eigenvalue weighted by Gasteiger charge is 2.37. The molecule has 148 valence electrons. The summed E-state index contributed by atoms with van der Waals surface area (Å²) in [5.41, 5.74) is -1.54. The Hall–Kier alpha value is -3.18. The van der Waals surface area contributed by atoms with Gasteiger partial charge < -0.3 is 10.2 Å². The van der Waals surface area contributed by atoms with E-state index in [4.69, 9.17) is 11.6 Å². The molecule has 0 fully saturated rings. The van der Waals surface area contributed by atoms with Crippen LogP contribution in [-0.4, -0.2) is 41.5 Å². The summed E-state index contributed by atoms with van der Waals surface area (Å²) in [4.78, 5) is 32.4. The van der Waals surface area contributed by atoms with E-state index in [-0.39, 0.29) is 10.7 Å². The zero-order valence-corrected chi connectivity index (χ0v) is 15.7. The normalized spacial score (nSPS) is 12.2. The third kappa shape index (κ3) is 3.89. The van der Waals surface area contributed by atoms with Crippen molar-refractivity contribution in [2.24, 2.45) is 0 Å². The van der Waals surface area contributed by atoms with Crippen LogP contribution in [-0.2, 0) is 14.8 Å². The predicted molar refractivity (Wildman–Crippen MR) is 98.3 cm³/mol. The smallest absolute Gasteiger partial charge is 0.337 e. The second-order valence-corrected chi connectivity index (χ2v) is 7.70. The molecule has 10 nitrogen and oxygen atoms in total. The average Bonchev–Trinajstić information content (AvgIpc) is 2.62. The molecular formula is C16H13ClN2O8S. The Kier molecular flexibility index (Phi) is 5.90.